The molecule has 2 rings (SSSR count). The highest BCUT2D eigenvalue weighted by atomic mass is 32.1. The Balaban J connectivity index is 2.31. The topological polar surface area (TPSA) is 33.6 Å². The Labute approximate surface area is 104 Å². The average molecular weight is 253 g/mol. The molecule has 2 aromatic heterocycles. The number of aryl methyl sites for hydroxylation is 1. The van der Waals surface area contributed by atoms with Gasteiger partial charge in [-0.05, 0) is 30.6 Å². The molecule has 0 atom stereocenters. The molecule has 86 valence electrons. The molecule has 0 saturated heterocycles. The molecule has 3 nitrogen and oxygen atoms in total. The van der Waals surface area contributed by atoms with Crippen molar-refractivity contribution in [2.75, 3.05) is 0 Å². The molecule has 0 spiro atoms. The van der Waals surface area contributed by atoms with Crippen molar-refractivity contribution in [3.8, 4) is 0 Å². The highest BCUT2D eigenvalue weighted by Gasteiger charge is 2.23. The van der Waals surface area contributed by atoms with E-state index in [1.54, 1.807) is 11.3 Å². The number of aromatic amines is 1. The first-order chi connectivity index (χ1) is 7.50. The lowest BCUT2D eigenvalue weighted by molar-refractivity contribution is 0.433. The van der Waals surface area contributed by atoms with E-state index < -0.39 is 0 Å². The van der Waals surface area contributed by atoms with Crippen LogP contribution in [0, 0.1) is 11.7 Å². The predicted octanol–water partition coefficient (Wildman–Crippen LogP) is 3.29. The molecule has 1 N–H and O–H groups in total. The van der Waals surface area contributed by atoms with Crippen molar-refractivity contribution in [3.05, 3.63) is 33.0 Å². The Kier molecular flexibility index (Phi) is 2.99. The third-order valence-electron chi connectivity index (χ3n) is 2.69. The first-order valence-corrected chi connectivity index (χ1v) is 6.45. The fourth-order valence-corrected chi connectivity index (χ4v) is 2.81. The van der Waals surface area contributed by atoms with Gasteiger partial charge in [-0.2, -0.15) is 5.10 Å². The van der Waals surface area contributed by atoms with E-state index in [1.165, 1.54) is 4.88 Å². The minimum absolute atomic E-state index is 0.0844. The molecule has 0 amide bonds. The molecule has 0 saturated carbocycles. The van der Waals surface area contributed by atoms with E-state index in [-0.39, 0.29) is 5.41 Å². The molecule has 5 heteroatoms. The fraction of sp³-hybridized carbons (Fsp3) is 0.455. The van der Waals surface area contributed by atoms with Crippen molar-refractivity contribution in [3.63, 3.8) is 0 Å². The van der Waals surface area contributed by atoms with Crippen LogP contribution in [0.15, 0.2) is 17.5 Å². The van der Waals surface area contributed by atoms with Crippen LogP contribution >= 0.6 is 23.6 Å². The van der Waals surface area contributed by atoms with Crippen molar-refractivity contribution in [1.29, 1.82) is 0 Å². The quantitative estimate of drug-likeness (QED) is 0.852. The molecule has 0 aliphatic heterocycles. The molecule has 0 aliphatic rings. The van der Waals surface area contributed by atoms with Gasteiger partial charge in [0.05, 0.1) is 0 Å². The summed E-state index contributed by atoms with van der Waals surface area (Å²) in [4.78, 5) is 1.37. The van der Waals surface area contributed by atoms with E-state index in [1.807, 2.05) is 6.92 Å². The van der Waals surface area contributed by atoms with Gasteiger partial charge >= 0.3 is 0 Å². The normalized spacial score (nSPS) is 11.9. The second-order valence-corrected chi connectivity index (χ2v) is 5.86. The number of rotatable bonds is 3. The zero-order valence-corrected chi connectivity index (χ0v) is 11.3. The summed E-state index contributed by atoms with van der Waals surface area (Å²) in [5.41, 5.74) is 0.0844. The van der Waals surface area contributed by atoms with Crippen LogP contribution in [0.5, 0.6) is 0 Å². The maximum absolute atomic E-state index is 5.22. The van der Waals surface area contributed by atoms with Crippen LogP contribution in [0.1, 0.15) is 24.5 Å². The first kappa shape index (κ1) is 11.5. The lowest BCUT2D eigenvalue weighted by Gasteiger charge is -2.24. The lowest BCUT2D eigenvalue weighted by Crippen LogP contribution is -2.24. The van der Waals surface area contributed by atoms with Gasteiger partial charge in [0.2, 0.25) is 0 Å². The number of nitrogens with zero attached hydrogens (tertiary/aromatic N) is 2. The third kappa shape index (κ3) is 2.10. The number of H-pyrrole nitrogens is 1. The molecule has 0 aliphatic carbocycles. The summed E-state index contributed by atoms with van der Waals surface area (Å²) in [6.45, 7) is 7.28. The molecule has 16 heavy (non-hydrogen) atoms. The van der Waals surface area contributed by atoms with E-state index >= 15 is 0 Å². The average Bonchev–Trinajstić information content (AvgIpc) is 2.83. The molecule has 2 aromatic rings. The zero-order chi connectivity index (χ0) is 11.8. The predicted molar refractivity (Wildman–Crippen MR) is 69.5 cm³/mol. The van der Waals surface area contributed by atoms with Gasteiger partial charge in [-0.25, -0.2) is 0 Å². The molecule has 0 aromatic carbocycles. The summed E-state index contributed by atoms with van der Waals surface area (Å²) < 4.78 is 2.75. The number of nitrogens with one attached hydrogen (secondary N) is 1. The van der Waals surface area contributed by atoms with Crippen molar-refractivity contribution < 1.29 is 0 Å². The van der Waals surface area contributed by atoms with Crippen LogP contribution < -0.4 is 0 Å². The Hall–Kier alpha value is -0.940. The van der Waals surface area contributed by atoms with Gasteiger partial charge in [-0.1, -0.05) is 19.9 Å². The van der Waals surface area contributed by atoms with E-state index in [0.29, 0.717) is 4.77 Å². The smallest absolute Gasteiger partial charge is 0.195 e. The molecule has 2 heterocycles. The fourth-order valence-electron chi connectivity index (χ4n) is 1.72. The highest BCUT2D eigenvalue weighted by molar-refractivity contribution is 7.71. The number of hydrogen-bond acceptors (Lipinski definition) is 3. The maximum atomic E-state index is 5.22. The largest absolute Gasteiger partial charge is 0.303 e. The third-order valence-corrected chi connectivity index (χ3v) is 4.24. The zero-order valence-electron chi connectivity index (χ0n) is 9.65. The second-order valence-electron chi connectivity index (χ2n) is 4.52. The Morgan fingerprint density at radius 1 is 1.56 bits per heavy atom. The minimum atomic E-state index is 0.0844. The van der Waals surface area contributed by atoms with E-state index in [0.717, 1.165) is 12.4 Å². The van der Waals surface area contributed by atoms with Crippen molar-refractivity contribution in [2.45, 2.75) is 32.7 Å². The van der Waals surface area contributed by atoms with Crippen LogP contribution in [0.3, 0.4) is 0 Å². The number of aromatic nitrogens is 3. The number of thiophene rings is 1. The van der Waals surface area contributed by atoms with Crippen molar-refractivity contribution in [2.24, 2.45) is 0 Å². The monoisotopic (exact) mass is 253 g/mol. The molecule has 0 bridgehead atoms. The summed E-state index contributed by atoms with van der Waals surface area (Å²) in [7, 11) is 0. The SMILES string of the molecule is Cc1n[nH]c(=S)n1CC(C)(C)c1cccs1. The summed E-state index contributed by atoms with van der Waals surface area (Å²) >= 11 is 7.00. The van der Waals surface area contributed by atoms with Gasteiger partial charge < -0.3 is 4.57 Å². The lowest BCUT2D eigenvalue weighted by atomic mass is 9.91. The van der Waals surface area contributed by atoms with Crippen LogP contribution in [-0.2, 0) is 12.0 Å². The van der Waals surface area contributed by atoms with E-state index in [2.05, 4.69) is 46.1 Å². The van der Waals surface area contributed by atoms with Crippen LogP contribution in [0.2, 0.25) is 0 Å². The van der Waals surface area contributed by atoms with Gasteiger partial charge in [0, 0.05) is 16.8 Å². The van der Waals surface area contributed by atoms with Gasteiger partial charge in [-0.3, -0.25) is 5.10 Å². The molecular weight excluding hydrogens is 238 g/mol. The van der Waals surface area contributed by atoms with Gasteiger partial charge in [0.15, 0.2) is 4.77 Å². The summed E-state index contributed by atoms with van der Waals surface area (Å²) in [6, 6.07) is 4.26. The minimum Gasteiger partial charge on any atom is -0.303 e. The van der Waals surface area contributed by atoms with Gasteiger partial charge in [0.25, 0.3) is 0 Å². The molecular formula is C11H15N3S2. The molecule has 0 fully saturated rings. The second kappa shape index (κ2) is 4.14. The summed E-state index contributed by atoms with van der Waals surface area (Å²) in [6.07, 6.45) is 0. The standard InChI is InChI=1S/C11H15N3S2/c1-8-12-13-10(15)14(8)7-11(2,3)9-5-4-6-16-9/h4-6H,7H2,1-3H3,(H,13,15). The van der Waals surface area contributed by atoms with Crippen LogP contribution in [0.4, 0.5) is 0 Å². The Bertz CT molecular complexity index is 520. The highest BCUT2D eigenvalue weighted by Crippen LogP contribution is 2.29. The van der Waals surface area contributed by atoms with Crippen molar-refractivity contribution >= 4 is 23.6 Å². The van der Waals surface area contributed by atoms with E-state index in [4.69, 9.17) is 12.2 Å². The molecule has 0 radical (unpaired) electrons. The number of hydrogen-bond donors (Lipinski definition) is 1. The maximum Gasteiger partial charge on any atom is 0.195 e. The van der Waals surface area contributed by atoms with E-state index in [9.17, 15) is 0 Å². The first-order valence-electron chi connectivity index (χ1n) is 5.16. The summed E-state index contributed by atoms with van der Waals surface area (Å²) in [5, 5.41) is 9.06. The van der Waals surface area contributed by atoms with Gasteiger partial charge in [-0.15, -0.1) is 11.3 Å². The molecule has 0 unspecified atom stereocenters. The van der Waals surface area contributed by atoms with Crippen LogP contribution in [0.25, 0.3) is 0 Å². The summed E-state index contributed by atoms with van der Waals surface area (Å²) in [5.74, 6) is 0.939. The Morgan fingerprint density at radius 3 is 2.81 bits per heavy atom. The van der Waals surface area contributed by atoms with Crippen molar-refractivity contribution in [1.82, 2.24) is 14.8 Å². The Morgan fingerprint density at radius 2 is 2.31 bits per heavy atom. The van der Waals surface area contributed by atoms with Gasteiger partial charge in [0.1, 0.15) is 5.82 Å². The van der Waals surface area contributed by atoms with Crippen LogP contribution in [-0.4, -0.2) is 14.8 Å².